The van der Waals surface area contributed by atoms with Gasteiger partial charge in [-0.2, -0.15) is 0 Å². The Hall–Kier alpha value is -2.04. The Morgan fingerprint density at radius 1 is 1.15 bits per heavy atom. The van der Waals surface area contributed by atoms with Crippen molar-refractivity contribution < 1.29 is 14.6 Å². The molecule has 20 heavy (non-hydrogen) atoms. The largest absolute Gasteiger partial charge is 0.444 e. The van der Waals surface area contributed by atoms with E-state index in [1.807, 2.05) is 30.3 Å². The lowest BCUT2D eigenvalue weighted by molar-refractivity contribution is 0.155. The Bertz CT molecular complexity index is 587. The fourth-order valence-corrected chi connectivity index (χ4v) is 1.94. The highest BCUT2D eigenvalue weighted by atomic mass is 35.5. The molecule has 0 aliphatic heterocycles. The van der Waals surface area contributed by atoms with E-state index in [1.165, 1.54) is 0 Å². The van der Waals surface area contributed by atoms with Gasteiger partial charge in [-0.25, -0.2) is 4.79 Å². The van der Waals surface area contributed by atoms with E-state index in [2.05, 4.69) is 5.32 Å². The monoisotopic (exact) mass is 291 g/mol. The molecule has 4 nitrogen and oxygen atoms in total. The van der Waals surface area contributed by atoms with Crippen LogP contribution in [0.4, 0.5) is 10.5 Å². The Balaban J connectivity index is 1.98. The van der Waals surface area contributed by atoms with Crippen molar-refractivity contribution in [1.82, 2.24) is 0 Å². The van der Waals surface area contributed by atoms with Crippen LogP contribution >= 0.6 is 11.6 Å². The number of hydrogen-bond donors (Lipinski definition) is 2. The van der Waals surface area contributed by atoms with Crippen LogP contribution in [-0.4, -0.2) is 11.2 Å². The molecule has 0 bridgehead atoms. The second kappa shape index (κ2) is 6.93. The predicted octanol–water partition coefficient (Wildman–Crippen LogP) is 3.58. The Morgan fingerprint density at radius 2 is 1.90 bits per heavy atom. The molecular formula is C15H14ClNO3. The molecule has 0 unspecified atom stereocenters. The Kier molecular flexibility index (Phi) is 4.98. The lowest BCUT2D eigenvalue weighted by atomic mass is 10.2. The third-order valence-electron chi connectivity index (χ3n) is 2.71. The van der Waals surface area contributed by atoms with Gasteiger partial charge in [-0.05, 0) is 11.6 Å². The topological polar surface area (TPSA) is 58.6 Å². The molecule has 2 N–H and O–H groups in total. The van der Waals surface area contributed by atoms with Gasteiger partial charge in [0.25, 0.3) is 0 Å². The third-order valence-corrected chi connectivity index (χ3v) is 3.03. The zero-order chi connectivity index (χ0) is 14.4. The van der Waals surface area contributed by atoms with Gasteiger partial charge in [0.1, 0.15) is 6.61 Å². The van der Waals surface area contributed by atoms with Gasteiger partial charge in [0.05, 0.1) is 17.3 Å². The average molecular weight is 292 g/mol. The van der Waals surface area contributed by atoms with Crippen LogP contribution in [0.5, 0.6) is 0 Å². The molecule has 2 rings (SSSR count). The molecular weight excluding hydrogens is 278 g/mol. The van der Waals surface area contributed by atoms with E-state index >= 15 is 0 Å². The average Bonchev–Trinajstić information content (AvgIpc) is 2.48. The van der Waals surface area contributed by atoms with Crippen LogP contribution in [0.3, 0.4) is 0 Å². The van der Waals surface area contributed by atoms with E-state index in [0.29, 0.717) is 16.3 Å². The van der Waals surface area contributed by atoms with Gasteiger partial charge in [0, 0.05) is 5.56 Å². The number of aliphatic hydroxyl groups is 1. The zero-order valence-corrected chi connectivity index (χ0v) is 11.4. The second-order valence-corrected chi connectivity index (χ2v) is 4.53. The lowest BCUT2D eigenvalue weighted by Gasteiger charge is -2.11. The number of anilines is 1. The molecule has 0 atom stereocenters. The van der Waals surface area contributed by atoms with Crippen LogP contribution in [0.25, 0.3) is 0 Å². The van der Waals surface area contributed by atoms with E-state index in [-0.39, 0.29) is 13.2 Å². The molecule has 0 aliphatic rings. The van der Waals surface area contributed by atoms with Crippen molar-refractivity contribution >= 4 is 23.4 Å². The first kappa shape index (κ1) is 14.4. The van der Waals surface area contributed by atoms with Crippen molar-refractivity contribution in [3.63, 3.8) is 0 Å². The summed E-state index contributed by atoms with van der Waals surface area (Å²) in [5, 5.41) is 12.1. The number of carbonyl (C=O) groups is 1. The lowest BCUT2D eigenvalue weighted by Crippen LogP contribution is -2.15. The van der Waals surface area contributed by atoms with Gasteiger partial charge >= 0.3 is 6.09 Å². The number of carbonyl (C=O) groups excluding carboxylic acids is 1. The number of amides is 1. The van der Waals surface area contributed by atoms with E-state index < -0.39 is 6.09 Å². The van der Waals surface area contributed by atoms with Gasteiger partial charge in [0.2, 0.25) is 0 Å². The number of rotatable bonds is 4. The molecule has 2 aromatic rings. The summed E-state index contributed by atoms with van der Waals surface area (Å²) in [6, 6.07) is 14.4. The van der Waals surface area contributed by atoms with E-state index in [9.17, 15) is 9.90 Å². The summed E-state index contributed by atoms with van der Waals surface area (Å²) in [6.07, 6.45) is -0.614. The minimum Gasteiger partial charge on any atom is -0.444 e. The van der Waals surface area contributed by atoms with E-state index in [0.717, 1.165) is 5.56 Å². The van der Waals surface area contributed by atoms with Gasteiger partial charge in [0.15, 0.2) is 0 Å². The molecule has 5 heteroatoms. The number of aliphatic hydroxyl groups excluding tert-OH is 1. The summed E-state index contributed by atoms with van der Waals surface area (Å²) >= 11 is 5.99. The van der Waals surface area contributed by atoms with Gasteiger partial charge in [-0.1, -0.05) is 54.1 Å². The van der Waals surface area contributed by atoms with Crippen LogP contribution in [0.2, 0.25) is 5.02 Å². The summed E-state index contributed by atoms with van der Waals surface area (Å²) in [6.45, 7) is -0.0412. The van der Waals surface area contributed by atoms with Crippen molar-refractivity contribution in [3.05, 3.63) is 64.7 Å². The maximum Gasteiger partial charge on any atom is 0.412 e. The summed E-state index contributed by atoms with van der Waals surface area (Å²) in [4.78, 5) is 11.7. The zero-order valence-electron chi connectivity index (χ0n) is 10.7. The number of hydrogen-bond acceptors (Lipinski definition) is 3. The molecule has 0 saturated carbocycles. The number of ether oxygens (including phenoxy) is 1. The standard InChI is InChI=1S/C15H14ClNO3/c16-13-8-4-7-12(9-18)14(13)17-15(19)20-10-11-5-2-1-3-6-11/h1-8,18H,9-10H2,(H,17,19). The number of halogens is 1. The molecule has 0 fully saturated rings. The number of para-hydroxylation sites is 1. The molecule has 1 amide bonds. The highest BCUT2D eigenvalue weighted by Gasteiger charge is 2.11. The molecule has 104 valence electrons. The van der Waals surface area contributed by atoms with Gasteiger partial charge < -0.3 is 9.84 Å². The second-order valence-electron chi connectivity index (χ2n) is 4.12. The first-order valence-electron chi connectivity index (χ1n) is 6.06. The van der Waals surface area contributed by atoms with Crippen molar-refractivity contribution in [2.45, 2.75) is 13.2 Å². The van der Waals surface area contributed by atoms with Crippen LogP contribution in [0.1, 0.15) is 11.1 Å². The summed E-state index contributed by atoms with van der Waals surface area (Å²) < 4.78 is 5.10. The SMILES string of the molecule is O=C(Nc1c(Cl)cccc1CO)OCc1ccccc1. The van der Waals surface area contributed by atoms with Crippen molar-refractivity contribution in [2.75, 3.05) is 5.32 Å². The van der Waals surface area contributed by atoms with Crippen molar-refractivity contribution in [3.8, 4) is 0 Å². The van der Waals surface area contributed by atoms with Crippen LogP contribution in [0, 0.1) is 0 Å². The number of nitrogens with one attached hydrogen (secondary N) is 1. The quantitative estimate of drug-likeness (QED) is 0.905. The van der Waals surface area contributed by atoms with E-state index in [1.54, 1.807) is 18.2 Å². The van der Waals surface area contributed by atoms with Crippen molar-refractivity contribution in [2.24, 2.45) is 0 Å². The fourth-order valence-electron chi connectivity index (χ4n) is 1.70. The highest BCUT2D eigenvalue weighted by Crippen LogP contribution is 2.26. The highest BCUT2D eigenvalue weighted by molar-refractivity contribution is 6.33. The summed E-state index contributed by atoms with van der Waals surface area (Å²) in [7, 11) is 0. The first-order chi connectivity index (χ1) is 9.70. The summed E-state index contributed by atoms with van der Waals surface area (Å²) in [5.74, 6) is 0. The molecule has 0 aromatic heterocycles. The fraction of sp³-hybridized carbons (Fsp3) is 0.133. The molecule has 0 heterocycles. The van der Waals surface area contributed by atoms with Crippen molar-refractivity contribution in [1.29, 1.82) is 0 Å². The maximum absolute atomic E-state index is 11.7. The summed E-state index contributed by atoms with van der Waals surface area (Å²) in [5.41, 5.74) is 1.80. The van der Waals surface area contributed by atoms with Crippen LogP contribution in [0.15, 0.2) is 48.5 Å². The number of benzene rings is 2. The molecule has 2 aromatic carbocycles. The smallest absolute Gasteiger partial charge is 0.412 e. The maximum atomic E-state index is 11.7. The Morgan fingerprint density at radius 3 is 2.60 bits per heavy atom. The minimum absolute atomic E-state index is 0.172. The molecule has 0 aliphatic carbocycles. The third kappa shape index (κ3) is 3.73. The normalized spacial score (nSPS) is 10.1. The van der Waals surface area contributed by atoms with Gasteiger partial charge in [-0.15, -0.1) is 0 Å². The molecule has 0 spiro atoms. The van der Waals surface area contributed by atoms with Crippen LogP contribution in [-0.2, 0) is 18.0 Å². The predicted molar refractivity (Wildman–Crippen MR) is 77.6 cm³/mol. The van der Waals surface area contributed by atoms with E-state index in [4.69, 9.17) is 16.3 Å². The molecule has 0 radical (unpaired) electrons. The molecule has 0 saturated heterocycles. The minimum atomic E-state index is -0.614. The first-order valence-corrected chi connectivity index (χ1v) is 6.44. The van der Waals surface area contributed by atoms with Gasteiger partial charge in [-0.3, -0.25) is 5.32 Å². The van der Waals surface area contributed by atoms with Crippen LogP contribution < -0.4 is 5.32 Å². The Labute approximate surface area is 122 Å².